The summed E-state index contributed by atoms with van der Waals surface area (Å²) in [7, 11) is 0. The fraction of sp³-hybridized carbons (Fsp3) is 0.381. The van der Waals surface area contributed by atoms with Gasteiger partial charge < -0.3 is 5.11 Å². The van der Waals surface area contributed by atoms with Crippen LogP contribution in [0.3, 0.4) is 0 Å². The van der Waals surface area contributed by atoms with E-state index in [-0.39, 0.29) is 24.6 Å². The third-order valence-corrected chi connectivity index (χ3v) is 5.14. The molecule has 1 heterocycles. The molecule has 0 spiro atoms. The van der Waals surface area contributed by atoms with Crippen LogP contribution in [0, 0.1) is 0 Å². The first-order valence-corrected chi connectivity index (χ1v) is 8.67. The van der Waals surface area contributed by atoms with Gasteiger partial charge in [-0.25, -0.2) is 0 Å². The van der Waals surface area contributed by atoms with E-state index in [9.17, 15) is 9.90 Å². The van der Waals surface area contributed by atoms with Crippen LogP contribution in [0.25, 0.3) is 0 Å². The van der Waals surface area contributed by atoms with E-state index in [1.807, 2.05) is 36.4 Å². The number of rotatable bonds is 5. The Hall–Kier alpha value is -1.68. The molecule has 3 nitrogen and oxygen atoms in total. The molecule has 1 N–H and O–H groups in total. The van der Waals surface area contributed by atoms with Crippen LogP contribution in [0.2, 0.25) is 0 Å². The largest absolute Gasteiger partial charge is 0.389 e. The number of piperidine rings is 1. The first kappa shape index (κ1) is 19.6. The summed E-state index contributed by atoms with van der Waals surface area (Å²) in [5.41, 5.74) is 1.11. The fourth-order valence-electron chi connectivity index (χ4n) is 3.47. The summed E-state index contributed by atoms with van der Waals surface area (Å²) < 4.78 is 0. The maximum Gasteiger partial charge on any atom is 0.165 e. The van der Waals surface area contributed by atoms with E-state index in [0.29, 0.717) is 24.4 Å². The normalized spacial score (nSPS) is 18.2. The van der Waals surface area contributed by atoms with Gasteiger partial charge in [-0.2, -0.15) is 0 Å². The number of nitrogens with zero attached hydrogens (tertiary/aromatic N) is 1. The summed E-state index contributed by atoms with van der Waals surface area (Å²) in [5.74, 6) is 0.0302. The number of carbonyl (C=O) groups excluding carboxylic acids is 1. The van der Waals surface area contributed by atoms with Crippen LogP contribution in [0.1, 0.15) is 48.1 Å². The molecule has 1 unspecified atom stereocenters. The van der Waals surface area contributed by atoms with Crippen molar-refractivity contribution >= 4 is 18.2 Å². The number of benzene rings is 2. The maximum absolute atomic E-state index is 12.4. The molecule has 3 rings (SSSR count). The van der Waals surface area contributed by atoms with Gasteiger partial charge in [0.15, 0.2) is 5.78 Å². The number of likely N-dealkylation sites (tertiary alicyclic amines) is 1. The molecule has 2 aromatic carbocycles. The highest BCUT2D eigenvalue weighted by molar-refractivity contribution is 5.96. The monoisotopic (exact) mass is 359 g/mol. The molecule has 0 bridgehead atoms. The Morgan fingerprint density at radius 1 is 1.04 bits per heavy atom. The highest BCUT2D eigenvalue weighted by Crippen LogP contribution is 2.31. The second-order valence-corrected chi connectivity index (χ2v) is 6.81. The lowest BCUT2D eigenvalue weighted by Crippen LogP contribution is -2.46. The number of aliphatic hydroxyl groups is 1. The summed E-state index contributed by atoms with van der Waals surface area (Å²) in [4.78, 5) is 14.8. The zero-order valence-electron chi connectivity index (χ0n) is 14.6. The van der Waals surface area contributed by atoms with Crippen molar-refractivity contribution in [3.63, 3.8) is 0 Å². The molecular formula is C21H26ClNO2. The van der Waals surface area contributed by atoms with Gasteiger partial charge in [-0.3, -0.25) is 9.69 Å². The van der Waals surface area contributed by atoms with Crippen molar-refractivity contribution in [1.29, 1.82) is 0 Å². The molecule has 4 heteroatoms. The average molecular weight is 360 g/mol. The Balaban J connectivity index is 0.00000225. The third kappa shape index (κ3) is 4.91. The first-order chi connectivity index (χ1) is 11.6. The van der Waals surface area contributed by atoms with E-state index < -0.39 is 5.60 Å². The lowest BCUT2D eigenvalue weighted by Gasteiger charge is -2.40. The Morgan fingerprint density at radius 2 is 1.56 bits per heavy atom. The molecule has 2 aromatic rings. The van der Waals surface area contributed by atoms with E-state index in [4.69, 9.17) is 0 Å². The quantitative estimate of drug-likeness (QED) is 0.810. The van der Waals surface area contributed by atoms with Crippen LogP contribution < -0.4 is 0 Å². The van der Waals surface area contributed by atoms with Crippen LogP contribution in [-0.4, -0.2) is 34.5 Å². The summed E-state index contributed by atoms with van der Waals surface area (Å²) >= 11 is 0. The molecule has 1 saturated heterocycles. The Bertz CT molecular complexity index is 667. The van der Waals surface area contributed by atoms with E-state index in [0.717, 1.165) is 13.1 Å². The molecule has 0 amide bonds. The molecule has 1 aliphatic heterocycles. The van der Waals surface area contributed by atoms with E-state index in [2.05, 4.69) is 36.1 Å². The minimum atomic E-state index is -0.875. The van der Waals surface area contributed by atoms with Crippen LogP contribution in [0.4, 0.5) is 0 Å². The van der Waals surface area contributed by atoms with Crippen molar-refractivity contribution in [3.05, 3.63) is 71.8 Å². The molecule has 0 aromatic heterocycles. The van der Waals surface area contributed by atoms with Gasteiger partial charge in [0.2, 0.25) is 0 Å². The van der Waals surface area contributed by atoms with Gasteiger partial charge in [0.05, 0.1) is 5.60 Å². The van der Waals surface area contributed by atoms with Gasteiger partial charge in [0, 0.05) is 31.1 Å². The van der Waals surface area contributed by atoms with Crippen LogP contribution in [0.15, 0.2) is 60.7 Å². The Kier molecular flexibility index (Phi) is 6.77. The van der Waals surface area contributed by atoms with Gasteiger partial charge >= 0.3 is 0 Å². The topological polar surface area (TPSA) is 40.5 Å². The van der Waals surface area contributed by atoms with E-state index in [1.165, 1.54) is 5.56 Å². The minimum absolute atomic E-state index is 0. The van der Waals surface area contributed by atoms with Crippen molar-refractivity contribution in [2.75, 3.05) is 13.1 Å². The first-order valence-electron chi connectivity index (χ1n) is 8.67. The zero-order chi connectivity index (χ0) is 17.0. The SMILES string of the molecule is CC(c1ccccc1)N1CCC(O)(CC(=O)c2ccccc2)CC1.Cl. The molecule has 1 atom stereocenters. The number of carbonyl (C=O) groups is 1. The fourth-order valence-corrected chi connectivity index (χ4v) is 3.47. The molecule has 0 saturated carbocycles. The number of ketones is 1. The van der Waals surface area contributed by atoms with Gasteiger partial charge in [0.1, 0.15) is 0 Å². The summed E-state index contributed by atoms with van der Waals surface area (Å²) in [6, 6.07) is 20.0. The molecule has 0 radical (unpaired) electrons. The van der Waals surface area contributed by atoms with Gasteiger partial charge in [-0.1, -0.05) is 60.7 Å². The van der Waals surface area contributed by atoms with Gasteiger partial charge in [-0.05, 0) is 25.3 Å². The highest BCUT2D eigenvalue weighted by Gasteiger charge is 2.35. The molecule has 134 valence electrons. The second-order valence-electron chi connectivity index (χ2n) is 6.81. The maximum atomic E-state index is 12.4. The highest BCUT2D eigenvalue weighted by atomic mass is 35.5. The predicted octanol–water partition coefficient (Wildman–Crippen LogP) is 4.27. The second kappa shape index (κ2) is 8.61. The summed E-state index contributed by atoms with van der Waals surface area (Å²) in [5, 5.41) is 10.8. The Morgan fingerprint density at radius 3 is 2.12 bits per heavy atom. The lowest BCUT2D eigenvalue weighted by atomic mass is 9.84. The van der Waals surface area contributed by atoms with Crippen molar-refractivity contribution in [3.8, 4) is 0 Å². The van der Waals surface area contributed by atoms with Gasteiger partial charge in [0.25, 0.3) is 0 Å². The zero-order valence-corrected chi connectivity index (χ0v) is 15.4. The molecule has 1 aliphatic rings. The van der Waals surface area contributed by atoms with Crippen LogP contribution >= 0.6 is 12.4 Å². The summed E-state index contributed by atoms with van der Waals surface area (Å²) in [6.07, 6.45) is 1.50. The number of hydrogen-bond donors (Lipinski definition) is 1. The predicted molar refractivity (Wildman–Crippen MR) is 103 cm³/mol. The minimum Gasteiger partial charge on any atom is -0.389 e. The van der Waals surface area contributed by atoms with Crippen LogP contribution in [-0.2, 0) is 0 Å². The van der Waals surface area contributed by atoms with Crippen LogP contribution in [0.5, 0.6) is 0 Å². The lowest BCUT2D eigenvalue weighted by molar-refractivity contribution is -0.0303. The molecule has 1 fully saturated rings. The molecule has 0 aliphatic carbocycles. The number of hydrogen-bond acceptors (Lipinski definition) is 3. The standard InChI is InChI=1S/C21H25NO2.ClH/c1-17(18-8-4-2-5-9-18)22-14-12-21(24,13-15-22)16-20(23)19-10-6-3-7-11-19;/h2-11,17,24H,12-16H2,1H3;1H. The third-order valence-electron chi connectivity index (χ3n) is 5.14. The van der Waals surface area contributed by atoms with Crippen molar-refractivity contribution in [1.82, 2.24) is 4.90 Å². The van der Waals surface area contributed by atoms with Gasteiger partial charge in [-0.15, -0.1) is 12.4 Å². The smallest absolute Gasteiger partial charge is 0.165 e. The molecule has 25 heavy (non-hydrogen) atoms. The van der Waals surface area contributed by atoms with E-state index in [1.54, 1.807) is 0 Å². The summed E-state index contributed by atoms with van der Waals surface area (Å²) in [6.45, 7) is 3.83. The number of halogens is 1. The van der Waals surface area contributed by atoms with E-state index >= 15 is 0 Å². The Labute approximate surface area is 156 Å². The van der Waals surface area contributed by atoms with Crippen molar-refractivity contribution in [2.45, 2.75) is 37.8 Å². The van der Waals surface area contributed by atoms with Crippen molar-refractivity contribution in [2.24, 2.45) is 0 Å². The average Bonchev–Trinajstić information content (AvgIpc) is 2.63. The number of Topliss-reactive ketones (excluding diaryl/α,β-unsaturated/α-hetero) is 1. The molecular weight excluding hydrogens is 334 g/mol. The van der Waals surface area contributed by atoms with Crippen molar-refractivity contribution < 1.29 is 9.90 Å².